The molecule has 0 heterocycles. The topological polar surface area (TPSA) is 17.1 Å². The lowest BCUT2D eigenvalue weighted by molar-refractivity contribution is 0.566. The van der Waals surface area contributed by atoms with Gasteiger partial charge in [-0.2, -0.15) is 0 Å². The molecule has 1 saturated carbocycles. The van der Waals surface area contributed by atoms with Gasteiger partial charge in [-0.05, 0) is 24.3 Å². The van der Waals surface area contributed by atoms with E-state index < -0.39 is 0 Å². The second kappa shape index (κ2) is 4.26. The summed E-state index contributed by atoms with van der Waals surface area (Å²) in [5.74, 6) is 2.58. The minimum absolute atomic E-state index is 0.454. The first-order chi connectivity index (χ1) is 6.92. The zero-order valence-electron chi connectivity index (χ0n) is 8.20. The first-order valence-electron chi connectivity index (χ1n) is 5.22. The molecular weight excluding hydrogens is 172 g/mol. The molecule has 0 radical (unpaired) electrons. The van der Waals surface area contributed by atoms with Crippen molar-refractivity contribution >= 4 is 11.5 Å². The number of rotatable bonds is 2. The fraction of sp³-hybridized carbons (Fsp3) is 0.385. The molecule has 14 heavy (non-hydrogen) atoms. The lowest BCUT2D eigenvalue weighted by Gasteiger charge is -2.10. The van der Waals surface area contributed by atoms with Crippen LogP contribution in [-0.4, -0.2) is 5.94 Å². The highest BCUT2D eigenvalue weighted by molar-refractivity contribution is 5.88. The summed E-state index contributed by atoms with van der Waals surface area (Å²) < 4.78 is 0. The number of allylic oxidation sites excluding steroid dienone is 1. The fourth-order valence-electron chi connectivity index (χ4n) is 2.21. The maximum absolute atomic E-state index is 10.9. The third-order valence-electron chi connectivity index (χ3n) is 2.96. The molecule has 72 valence electrons. The molecule has 0 bridgehead atoms. The lowest BCUT2D eigenvalue weighted by atomic mass is 9.92. The standard InChI is InChI=1S/C13H14O/c14-10-13(12-8-4-5-9-12)11-6-2-1-3-7-11/h1-3,6-7,12H,4-5,8-9H2. The average molecular weight is 186 g/mol. The van der Waals surface area contributed by atoms with Gasteiger partial charge in [-0.3, -0.25) is 0 Å². The Morgan fingerprint density at radius 3 is 2.36 bits per heavy atom. The van der Waals surface area contributed by atoms with Crippen LogP contribution in [0.2, 0.25) is 0 Å². The molecule has 0 saturated heterocycles. The number of hydrogen-bond acceptors (Lipinski definition) is 1. The summed E-state index contributed by atoms with van der Waals surface area (Å²) in [6.45, 7) is 0. The summed E-state index contributed by atoms with van der Waals surface area (Å²) in [6.07, 6.45) is 4.81. The second-order valence-electron chi connectivity index (χ2n) is 3.86. The SMILES string of the molecule is O=C=C(c1ccccc1)C1CCCC1. The zero-order chi connectivity index (χ0) is 9.80. The summed E-state index contributed by atoms with van der Waals surface area (Å²) >= 11 is 0. The molecule has 1 nitrogen and oxygen atoms in total. The molecule has 1 aromatic carbocycles. The van der Waals surface area contributed by atoms with E-state index in [9.17, 15) is 4.79 Å². The Kier molecular flexibility index (Phi) is 2.81. The molecule has 0 unspecified atom stereocenters. The van der Waals surface area contributed by atoms with Gasteiger partial charge in [0, 0.05) is 5.57 Å². The molecule has 0 aromatic heterocycles. The van der Waals surface area contributed by atoms with E-state index in [1.165, 1.54) is 12.8 Å². The Morgan fingerprint density at radius 1 is 1.14 bits per heavy atom. The molecule has 0 amide bonds. The van der Waals surface area contributed by atoms with Gasteiger partial charge in [0.1, 0.15) is 5.94 Å². The lowest BCUT2D eigenvalue weighted by Crippen LogP contribution is -1.98. The molecule has 0 N–H and O–H groups in total. The molecule has 1 heteroatoms. The maximum atomic E-state index is 10.9. The van der Waals surface area contributed by atoms with Crippen LogP contribution in [0.3, 0.4) is 0 Å². The van der Waals surface area contributed by atoms with Crippen molar-refractivity contribution in [1.29, 1.82) is 0 Å². The monoisotopic (exact) mass is 186 g/mol. The van der Waals surface area contributed by atoms with Crippen molar-refractivity contribution < 1.29 is 4.79 Å². The van der Waals surface area contributed by atoms with Crippen LogP contribution in [0.25, 0.3) is 5.57 Å². The highest BCUT2D eigenvalue weighted by atomic mass is 16.1. The van der Waals surface area contributed by atoms with Crippen LogP contribution >= 0.6 is 0 Å². The summed E-state index contributed by atoms with van der Waals surface area (Å²) in [6, 6.07) is 9.92. The van der Waals surface area contributed by atoms with E-state index in [-0.39, 0.29) is 0 Å². The summed E-state index contributed by atoms with van der Waals surface area (Å²) in [5, 5.41) is 0. The summed E-state index contributed by atoms with van der Waals surface area (Å²) in [7, 11) is 0. The van der Waals surface area contributed by atoms with Crippen LogP contribution in [0, 0.1) is 5.92 Å². The normalized spacial score (nSPS) is 16.6. The predicted molar refractivity (Wildman–Crippen MR) is 57.5 cm³/mol. The smallest absolute Gasteiger partial charge is 0.128 e. The molecule has 0 aliphatic heterocycles. The Morgan fingerprint density at radius 2 is 1.79 bits per heavy atom. The fourth-order valence-corrected chi connectivity index (χ4v) is 2.21. The van der Waals surface area contributed by atoms with Crippen molar-refractivity contribution in [3.8, 4) is 0 Å². The van der Waals surface area contributed by atoms with Gasteiger partial charge in [-0.25, -0.2) is 4.79 Å². The van der Waals surface area contributed by atoms with Crippen LogP contribution in [0.5, 0.6) is 0 Å². The second-order valence-corrected chi connectivity index (χ2v) is 3.86. The first kappa shape index (κ1) is 9.23. The summed E-state index contributed by atoms with van der Waals surface area (Å²) in [5.41, 5.74) is 1.93. The highest BCUT2D eigenvalue weighted by Gasteiger charge is 2.21. The molecule has 1 aliphatic carbocycles. The minimum atomic E-state index is 0.454. The van der Waals surface area contributed by atoms with Gasteiger partial charge in [-0.1, -0.05) is 43.2 Å². The van der Waals surface area contributed by atoms with E-state index in [2.05, 4.69) is 5.94 Å². The molecule has 1 aliphatic rings. The van der Waals surface area contributed by atoms with Crippen LogP contribution in [0.1, 0.15) is 31.2 Å². The van der Waals surface area contributed by atoms with Gasteiger partial charge >= 0.3 is 0 Å². The van der Waals surface area contributed by atoms with E-state index >= 15 is 0 Å². The van der Waals surface area contributed by atoms with Gasteiger partial charge in [0.15, 0.2) is 0 Å². The van der Waals surface area contributed by atoms with Crippen molar-refractivity contribution in [2.24, 2.45) is 5.92 Å². The molecule has 1 fully saturated rings. The summed E-state index contributed by atoms with van der Waals surface area (Å²) in [4.78, 5) is 10.9. The number of hydrogen-bond donors (Lipinski definition) is 0. The quantitative estimate of drug-likeness (QED) is 0.649. The van der Waals surface area contributed by atoms with E-state index in [4.69, 9.17) is 0 Å². The molecule has 0 spiro atoms. The molecular formula is C13H14O. The average Bonchev–Trinajstić information content (AvgIpc) is 2.74. The molecule has 1 aromatic rings. The Hall–Kier alpha value is -1.33. The molecule has 2 rings (SSSR count). The van der Waals surface area contributed by atoms with Crippen molar-refractivity contribution in [3.63, 3.8) is 0 Å². The zero-order valence-corrected chi connectivity index (χ0v) is 8.20. The van der Waals surface area contributed by atoms with E-state index in [0.717, 1.165) is 24.0 Å². The molecule has 0 atom stereocenters. The third kappa shape index (κ3) is 1.78. The highest BCUT2D eigenvalue weighted by Crippen LogP contribution is 2.34. The number of benzene rings is 1. The van der Waals surface area contributed by atoms with Crippen LogP contribution in [0.15, 0.2) is 30.3 Å². The van der Waals surface area contributed by atoms with Gasteiger partial charge in [0.25, 0.3) is 0 Å². The maximum Gasteiger partial charge on any atom is 0.128 e. The Labute approximate surface area is 84.5 Å². The van der Waals surface area contributed by atoms with Crippen molar-refractivity contribution in [2.45, 2.75) is 25.7 Å². The minimum Gasteiger partial charge on any atom is -0.233 e. The predicted octanol–water partition coefficient (Wildman–Crippen LogP) is 3.09. The van der Waals surface area contributed by atoms with E-state index in [1.807, 2.05) is 30.3 Å². The van der Waals surface area contributed by atoms with Crippen molar-refractivity contribution in [3.05, 3.63) is 35.9 Å². The van der Waals surface area contributed by atoms with Gasteiger partial charge < -0.3 is 0 Å². The van der Waals surface area contributed by atoms with Gasteiger partial charge in [0.05, 0.1) is 0 Å². The van der Waals surface area contributed by atoms with Gasteiger partial charge in [-0.15, -0.1) is 0 Å². The van der Waals surface area contributed by atoms with Crippen LogP contribution in [-0.2, 0) is 4.79 Å². The van der Waals surface area contributed by atoms with Crippen molar-refractivity contribution in [1.82, 2.24) is 0 Å². The van der Waals surface area contributed by atoms with E-state index in [1.54, 1.807) is 0 Å². The largest absolute Gasteiger partial charge is 0.233 e. The Balaban J connectivity index is 2.27. The van der Waals surface area contributed by atoms with E-state index in [0.29, 0.717) is 5.92 Å². The first-order valence-corrected chi connectivity index (χ1v) is 5.22. The van der Waals surface area contributed by atoms with Crippen LogP contribution < -0.4 is 0 Å². The number of carbonyl (C=O) groups excluding carboxylic acids is 1. The Bertz CT molecular complexity index is 341. The third-order valence-corrected chi connectivity index (χ3v) is 2.96. The van der Waals surface area contributed by atoms with Crippen molar-refractivity contribution in [2.75, 3.05) is 0 Å². The van der Waals surface area contributed by atoms with Gasteiger partial charge in [0.2, 0.25) is 0 Å². The van der Waals surface area contributed by atoms with Crippen LogP contribution in [0.4, 0.5) is 0 Å².